The number of nitrogens with zero attached hydrogens (tertiary/aromatic N) is 1. The van der Waals surface area contributed by atoms with Crippen LogP contribution in [0.2, 0.25) is 0 Å². The fourth-order valence-electron chi connectivity index (χ4n) is 3.88. The molecule has 3 aromatic heterocycles. The van der Waals surface area contributed by atoms with Crippen molar-refractivity contribution in [3.8, 4) is 22.6 Å². The molecular weight excluding hydrogens is 426 g/mol. The van der Waals surface area contributed by atoms with Gasteiger partial charge in [-0.25, -0.2) is 18.1 Å². The maximum Gasteiger partial charge on any atom is 0.290 e. The Kier molecular flexibility index (Phi) is 4.67. The van der Waals surface area contributed by atoms with Crippen LogP contribution in [0.5, 0.6) is 11.5 Å². The van der Waals surface area contributed by atoms with Gasteiger partial charge in [0.2, 0.25) is 0 Å². The van der Waals surface area contributed by atoms with E-state index in [2.05, 4.69) is 9.97 Å². The van der Waals surface area contributed by atoms with E-state index in [1.807, 2.05) is 30.5 Å². The van der Waals surface area contributed by atoms with Gasteiger partial charge in [0.05, 0.1) is 22.2 Å². The predicted octanol–water partition coefficient (Wildman–Crippen LogP) is 4.84. The minimum atomic E-state index is -3.43. The molecule has 0 amide bonds. The quantitative estimate of drug-likeness (QED) is 0.297. The number of rotatable bonds is 5. The molecule has 0 aliphatic heterocycles. The summed E-state index contributed by atoms with van der Waals surface area (Å²) in [6.07, 6.45) is 3.55. The van der Waals surface area contributed by atoms with Crippen LogP contribution in [0.15, 0.2) is 71.9 Å². The van der Waals surface area contributed by atoms with Gasteiger partial charge in [0, 0.05) is 28.9 Å². The van der Waals surface area contributed by atoms with Crippen molar-refractivity contribution in [3.05, 3.63) is 77.9 Å². The van der Waals surface area contributed by atoms with E-state index in [0.29, 0.717) is 33.8 Å². The molecule has 0 aliphatic carbocycles. The number of sulfone groups is 1. The van der Waals surface area contributed by atoms with E-state index in [1.54, 1.807) is 50.4 Å². The van der Waals surface area contributed by atoms with Crippen molar-refractivity contribution in [2.24, 2.45) is 0 Å². The Hall–Kier alpha value is -3.78. The predicted molar refractivity (Wildman–Crippen MR) is 124 cm³/mol. The van der Waals surface area contributed by atoms with Gasteiger partial charge in [0.1, 0.15) is 17.2 Å². The molecule has 3 heterocycles. The lowest BCUT2D eigenvalue weighted by atomic mass is 10.0. The molecule has 7 nitrogen and oxygen atoms in total. The first-order chi connectivity index (χ1) is 15.4. The molecule has 0 saturated heterocycles. The van der Waals surface area contributed by atoms with Crippen LogP contribution in [0.4, 0.5) is 0 Å². The molecule has 0 bridgehead atoms. The fraction of sp³-hybridized carbons (Fsp3) is 0.125. The van der Waals surface area contributed by atoms with E-state index >= 15 is 0 Å². The number of aromatic nitrogens is 3. The highest BCUT2D eigenvalue weighted by Crippen LogP contribution is 2.39. The van der Waals surface area contributed by atoms with Crippen molar-refractivity contribution in [3.63, 3.8) is 0 Å². The number of H-pyrrole nitrogens is 2. The number of hydrogen-bond acceptors (Lipinski definition) is 4. The van der Waals surface area contributed by atoms with Crippen molar-refractivity contribution in [1.82, 2.24) is 9.97 Å². The average molecular weight is 448 g/mol. The molecule has 5 aromatic rings. The van der Waals surface area contributed by atoms with Crippen molar-refractivity contribution in [2.75, 3.05) is 5.75 Å². The summed E-state index contributed by atoms with van der Waals surface area (Å²) in [5, 5.41) is 14.2. The van der Waals surface area contributed by atoms with Gasteiger partial charge in [0.15, 0.2) is 9.84 Å². The molecule has 0 radical (unpaired) electrons. The Morgan fingerprint density at radius 1 is 0.969 bits per heavy atom. The van der Waals surface area contributed by atoms with E-state index in [9.17, 15) is 13.6 Å². The highest BCUT2D eigenvalue weighted by molar-refractivity contribution is 7.91. The van der Waals surface area contributed by atoms with Crippen LogP contribution in [-0.2, 0) is 9.84 Å². The number of pyridine rings is 1. The molecule has 0 aliphatic rings. The lowest BCUT2D eigenvalue weighted by molar-refractivity contribution is -0.586. The smallest absolute Gasteiger partial charge is 0.290 e. The Labute approximate surface area is 184 Å². The zero-order valence-corrected chi connectivity index (χ0v) is 18.4. The summed E-state index contributed by atoms with van der Waals surface area (Å²) >= 11 is 0. The maximum atomic E-state index is 12.6. The van der Waals surface area contributed by atoms with E-state index in [1.165, 1.54) is 0 Å². The Balaban J connectivity index is 1.73. The highest BCUT2D eigenvalue weighted by atomic mass is 32.2. The second-order valence-corrected chi connectivity index (χ2v) is 9.90. The van der Waals surface area contributed by atoms with E-state index in [0.717, 1.165) is 21.2 Å². The first-order valence-electron chi connectivity index (χ1n) is 10.2. The van der Waals surface area contributed by atoms with Gasteiger partial charge >= 0.3 is 0 Å². The highest BCUT2D eigenvalue weighted by Gasteiger charge is 2.21. The van der Waals surface area contributed by atoms with Gasteiger partial charge in [-0.2, -0.15) is 0 Å². The van der Waals surface area contributed by atoms with Gasteiger partial charge in [-0.1, -0.05) is 6.92 Å². The lowest BCUT2D eigenvalue weighted by Gasteiger charge is -2.16. The zero-order valence-electron chi connectivity index (χ0n) is 17.5. The molecule has 0 saturated carbocycles. The van der Waals surface area contributed by atoms with Crippen molar-refractivity contribution < 1.29 is 17.9 Å². The molecule has 0 atom stereocenters. The van der Waals surface area contributed by atoms with Gasteiger partial charge in [-0.05, 0) is 60.8 Å². The molecule has 0 fully saturated rings. The van der Waals surface area contributed by atoms with Gasteiger partial charge in [-0.3, -0.25) is 0 Å². The number of aryl methyl sites for hydroxylation is 1. The van der Waals surface area contributed by atoms with E-state index < -0.39 is 9.84 Å². The molecule has 5 rings (SSSR count). The molecule has 2 aromatic carbocycles. The van der Waals surface area contributed by atoms with Crippen LogP contribution < -0.4 is 9.47 Å². The van der Waals surface area contributed by atoms with Crippen LogP contribution >= 0.6 is 0 Å². The van der Waals surface area contributed by atoms with E-state index in [4.69, 9.17) is 4.74 Å². The van der Waals surface area contributed by atoms with Crippen LogP contribution in [0, 0.1) is 12.1 Å². The Bertz CT molecular complexity index is 1580. The van der Waals surface area contributed by atoms with Crippen LogP contribution in [-0.4, -0.2) is 24.1 Å². The summed E-state index contributed by atoms with van der Waals surface area (Å²) in [5.41, 5.74) is 3.14. The zero-order chi connectivity index (χ0) is 22.5. The first-order valence-corrected chi connectivity index (χ1v) is 11.8. The third-order valence-corrected chi connectivity index (χ3v) is 7.36. The summed E-state index contributed by atoms with van der Waals surface area (Å²) in [6, 6.07) is 16.1. The van der Waals surface area contributed by atoms with Crippen LogP contribution in [0.25, 0.3) is 33.1 Å². The first kappa shape index (κ1) is 20.1. The number of hydrogen-bond donors (Lipinski definition) is 2. The Morgan fingerprint density at radius 2 is 1.78 bits per heavy atom. The van der Waals surface area contributed by atoms with Crippen LogP contribution in [0.3, 0.4) is 0 Å². The number of fused-ring (bicyclic) bond motifs is 2. The van der Waals surface area contributed by atoms with Crippen molar-refractivity contribution in [2.45, 2.75) is 18.7 Å². The third kappa shape index (κ3) is 3.29. The maximum absolute atomic E-state index is 12.6. The number of benzene rings is 2. The topological polar surface area (TPSA) is 102 Å². The second-order valence-electron chi connectivity index (χ2n) is 7.62. The normalized spacial score (nSPS) is 11.9. The summed E-state index contributed by atoms with van der Waals surface area (Å²) in [5.74, 6) is 1.10. The SMILES string of the molecule is CCS(=O)(=O)c1ccc(Oc2ccc3cc[nH]c3c2)c(-c2cc(C)[n+]([O-])c3[nH]ccc23)c1. The third-order valence-electron chi connectivity index (χ3n) is 5.63. The number of ether oxygens (including phenoxy) is 1. The molecule has 32 heavy (non-hydrogen) atoms. The lowest BCUT2D eigenvalue weighted by Crippen LogP contribution is -2.31. The number of nitrogens with one attached hydrogen (secondary N) is 2. The largest absolute Gasteiger partial charge is 0.710 e. The van der Waals surface area contributed by atoms with Gasteiger partial charge in [0.25, 0.3) is 5.65 Å². The average Bonchev–Trinajstić information content (AvgIpc) is 3.46. The monoisotopic (exact) mass is 447 g/mol. The summed E-state index contributed by atoms with van der Waals surface area (Å²) in [7, 11) is -3.43. The molecular formula is C24H21N3O4S. The second kappa shape index (κ2) is 7.42. The molecule has 2 N–H and O–H groups in total. The Morgan fingerprint density at radius 3 is 2.59 bits per heavy atom. The molecule has 0 unspecified atom stereocenters. The summed E-state index contributed by atoms with van der Waals surface area (Å²) in [4.78, 5) is 6.34. The summed E-state index contributed by atoms with van der Waals surface area (Å²) in [6.45, 7) is 3.32. The van der Waals surface area contributed by atoms with Gasteiger partial charge in [-0.15, -0.1) is 0 Å². The molecule has 8 heteroatoms. The number of aromatic amines is 2. The minimum Gasteiger partial charge on any atom is -0.710 e. The van der Waals surface area contributed by atoms with Crippen LogP contribution in [0.1, 0.15) is 12.6 Å². The fourth-order valence-corrected chi connectivity index (χ4v) is 4.78. The van der Waals surface area contributed by atoms with Gasteiger partial charge < -0.3 is 14.9 Å². The summed E-state index contributed by atoms with van der Waals surface area (Å²) < 4.78 is 32.3. The standard InChI is InChI=1S/C24H21N3O4S/c1-3-32(29,30)18-6-7-23(31-17-5-4-16-8-10-25-22(16)13-17)21(14-18)20-12-15(2)27(28)24-19(20)9-11-26-24/h4-14,25-26H,3H2,1-2H3. The van der Waals surface area contributed by atoms with Crippen molar-refractivity contribution in [1.29, 1.82) is 0 Å². The minimum absolute atomic E-state index is 0.00984. The van der Waals surface area contributed by atoms with Crippen molar-refractivity contribution >= 4 is 31.8 Å². The molecule has 0 spiro atoms. The van der Waals surface area contributed by atoms with E-state index in [-0.39, 0.29) is 10.6 Å². The molecule has 162 valence electrons.